The molecule has 2 N–H and O–H groups in total. The molecule has 4 aromatic rings. The van der Waals surface area contributed by atoms with Crippen molar-refractivity contribution in [3.8, 4) is 22.4 Å². The molecular formula is C25H26ClN5O2. The quantitative estimate of drug-likeness (QED) is 0.473. The molecule has 5 rings (SSSR count). The minimum Gasteiger partial charge on any atom is -0.392 e. The van der Waals surface area contributed by atoms with Crippen molar-refractivity contribution in [1.29, 1.82) is 0 Å². The van der Waals surface area contributed by atoms with E-state index in [1.54, 1.807) is 27.4 Å². The standard InChI is InChI=1S/C25H26ClN5O2/c1-14-18(13-30(4)29-14)16-7-5-6-8-17(16)22-23(26)31-10-9-15(11-21(31)28-22)24(33)27-19-12-20(32)25(19,2)3/h5-11,13,19-20,32H,12H2,1-4H3,(H,27,33)/t19-,20+/m0/s1. The van der Waals surface area contributed by atoms with Crippen molar-refractivity contribution in [2.24, 2.45) is 12.5 Å². The van der Waals surface area contributed by atoms with Gasteiger partial charge in [-0.3, -0.25) is 13.9 Å². The van der Waals surface area contributed by atoms with E-state index in [0.717, 1.165) is 22.4 Å². The van der Waals surface area contributed by atoms with Gasteiger partial charge in [-0.15, -0.1) is 0 Å². The number of aliphatic hydroxyl groups excluding tert-OH is 1. The average Bonchev–Trinajstić information content (AvgIpc) is 3.31. The van der Waals surface area contributed by atoms with Crippen LogP contribution in [0.4, 0.5) is 0 Å². The van der Waals surface area contributed by atoms with Crippen LogP contribution >= 0.6 is 11.6 Å². The highest BCUT2D eigenvalue weighted by Crippen LogP contribution is 2.41. The molecular weight excluding hydrogens is 438 g/mol. The number of amides is 1. The van der Waals surface area contributed by atoms with Crippen molar-refractivity contribution in [3.05, 3.63) is 65.2 Å². The molecule has 0 spiro atoms. The van der Waals surface area contributed by atoms with Crippen molar-refractivity contribution >= 4 is 23.2 Å². The summed E-state index contributed by atoms with van der Waals surface area (Å²) in [7, 11) is 1.90. The third kappa shape index (κ3) is 3.52. The van der Waals surface area contributed by atoms with E-state index in [-0.39, 0.29) is 17.4 Å². The van der Waals surface area contributed by atoms with Gasteiger partial charge in [0.25, 0.3) is 5.91 Å². The SMILES string of the molecule is Cc1nn(C)cc1-c1ccccc1-c1nc2cc(C(=O)N[C@H]3C[C@@H](O)C3(C)C)ccn2c1Cl. The minimum atomic E-state index is -0.400. The van der Waals surface area contributed by atoms with E-state index in [0.29, 0.717) is 28.5 Å². The predicted octanol–water partition coefficient (Wildman–Crippen LogP) is 4.25. The normalized spacial score (nSPS) is 19.5. The number of nitrogens with one attached hydrogen (secondary N) is 1. The molecule has 0 aliphatic heterocycles. The van der Waals surface area contributed by atoms with Gasteiger partial charge in [-0.2, -0.15) is 5.10 Å². The zero-order chi connectivity index (χ0) is 23.5. The summed E-state index contributed by atoms with van der Waals surface area (Å²) in [6.07, 6.45) is 3.91. The number of aromatic nitrogens is 4. The number of aliphatic hydroxyl groups is 1. The first-order chi connectivity index (χ1) is 15.7. The Bertz CT molecular complexity index is 1390. The average molecular weight is 464 g/mol. The Balaban J connectivity index is 1.52. The maximum atomic E-state index is 12.9. The largest absolute Gasteiger partial charge is 0.392 e. The number of imidazole rings is 1. The van der Waals surface area contributed by atoms with Crippen LogP contribution in [0.15, 0.2) is 48.8 Å². The van der Waals surface area contributed by atoms with E-state index >= 15 is 0 Å². The lowest BCUT2D eigenvalue weighted by Gasteiger charge is -2.49. The summed E-state index contributed by atoms with van der Waals surface area (Å²) in [6.45, 7) is 5.89. The second-order valence-corrected chi connectivity index (χ2v) is 9.70. The van der Waals surface area contributed by atoms with Gasteiger partial charge in [-0.25, -0.2) is 4.98 Å². The summed E-state index contributed by atoms with van der Waals surface area (Å²) in [5, 5.41) is 17.9. The van der Waals surface area contributed by atoms with Gasteiger partial charge < -0.3 is 10.4 Å². The van der Waals surface area contributed by atoms with Crippen LogP contribution in [0, 0.1) is 12.3 Å². The molecule has 1 aromatic carbocycles. The Kier molecular flexibility index (Phi) is 5.06. The Hall–Kier alpha value is -3.16. The molecule has 170 valence electrons. The molecule has 2 atom stereocenters. The Morgan fingerprint density at radius 1 is 1.21 bits per heavy atom. The predicted molar refractivity (Wildman–Crippen MR) is 128 cm³/mol. The van der Waals surface area contributed by atoms with Crippen molar-refractivity contribution in [2.75, 3.05) is 0 Å². The zero-order valence-corrected chi connectivity index (χ0v) is 19.8. The van der Waals surface area contributed by atoms with Gasteiger partial charge in [0.2, 0.25) is 0 Å². The van der Waals surface area contributed by atoms with Crippen LogP contribution in [-0.2, 0) is 7.05 Å². The molecule has 0 radical (unpaired) electrons. The molecule has 1 fully saturated rings. The van der Waals surface area contributed by atoms with Crippen LogP contribution in [0.1, 0.15) is 36.3 Å². The number of fused-ring (bicyclic) bond motifs is 1. The van der Waals surface area contributed by atoms with Gasteiger partial charge in [-0.1, -0.05) is 49.7 Å². The fraction of sp³-hybridized carbons (Fsp3) is 0.320. The van der Waals surface area contributed by atoms with Gasteiger partial charge in [0.05, 0.1) is 11.8 Å². The van der Waals surface area contributed by atoms with Gasteiger partial charge in [0.1, 0.15) is 16.5 Å². The first kappa shape index (κ1) is 21.7. The Morgan fingerprint density at radius 2 is 1.94 bits per heavy atom. The lowest BCUT2D eigenvalue weighted by molar-refractivity contribution is -0.0689. The molecule has 0 saturated heterocycles. The maximum absolute atomic E-state index is 12.9. The first-order valence-electron chi connectivity index (χ1n) is 10.9. The number of carbonyl (C=O) groups excluding carboxylic acids is 1. The number of nitrogens with zero attached hydrogens (tertiary/aromatic N) is 4. The highest BCUT2D eigenvalue weighted by molar-refractivity contribution is 6.32. The van der Waals surface area contributed by atoms with Crippen LogP contribution in [0.5, 0.6) is 0 Å². The number of aryl methyl sites for hydroxylation is 2. The lowest BCUT2D eigenvalue weighted by Crippen LogP contribution is -2.61. The van der Waals surface area contributed by atoms with Crippen LogP contribution in [0.2, 0.25) is 5.15 Å². The van der Waals surface area contributed by atoms with E-state index < -0.39 is 6.10 Å². The fourth-order valence-electron chi connectivity index (χ4n) is 4.50. The smallest absolute Gasteiger partial charge is 0.251 e. The van der Waals surface area contributed by atoms with Crippen LogP contribution in [0.25, 0.3) is 28.0 Å². The number of hydrogen-bond donors (Lipinski definition) is 2. The van der Waals surface area contributed by atoms with Crippen LogP contribution < -0.4 is 5.32 Å². The van der Waals surface area contributed by atoms with E-state index in [1.165, 1.54) is 0 Å². The second kappa shape index (κ2) is 7.71. The topological polar surface area (TPSA) is 84.5 Å². The second-order valence-electron chi connectivity index (χ2n) is 9.34. The van der Waals surface area contributed by atoms with Crippen molar-refractivity contribution in [1.82, 2.24) is 24.5 Å². The number of halogens is 1. The first-order valence-corrected chi connectivity index (χ1v) is 11.3. The summed E-state index contributed by atoms with van der Waals surface area (Å²) < 4.78 is 3.57. The van der Waals surface area contributed by atoms with Gasteiger partial charge in [0, 0.05) is 47.6 Å². The lowest BCUT2D eigenvalue weighted by atomic mass is 9.64. The minimum absolute atomic E-state index is 0.0651. The number of pyridine rings is 1. The highest BCUT2D eigenvalue weighted by atomic mass is 35.5. The molecule has 7 nitrogen and oxygen atoms in total. The Morgan fingerprint density at radius 3 is 2.58 bits per heavy atom. The number of rotatable bonds is 4. The Labute approximate surface area is 197 Å². The monoisotopic (exact) mass is 463 g/mol. The molecule has 3 heterocycles. The highest BCUT2D eigenvalue weighted by Gasteiger charge is 2.48. The molecule has 33 heavy (non-hydrogen) atoms. The van der Waals surface area contributed by atoms with Crippen molar-refractivity contribution in [2.45, 2.75) is 39.3 Å². The zero-order valence-electron chi connectivity index (χ0n) is 19.0. The summed E-state index contributed by atoms with van der Waals surface area (Å²) in [5.74, 6) is -0.186. The van der Waals surface area contributed by atoms with Gasteiger partial charge in [-0.05, 0) is 31.0 Å². The number of hydrogen-bond acceptors (Lipinski definition) is 4. The van der Waals surface area contributed by atoms with Crippen LogP contribution in [-0.4, -0.2) is 42.3 Å². The number of benzene rings is 1. The third-order valence-corrected chi connectivity index (χ3v) is 7.20. The van der Waals surface area contributed by atoms with E-state index in [1.807, 2.05) is 58.3 Å². The molecule has 0 bridgehead atoms. The molecule has 1 aliphatic carbocycles. The summed E-state index contributed by atoms with van der Waals surface area (Å²) >= 11 is 6.75. The van der Waals surface area contributed by atoms with E-state index in [4.69, 9.17) is 16.6 Å². The summed E-state index contributed by atoms with van der Waals surface area (Å²) in [6, 6.07) is 11.4. The molecule has 8 heteroatoms. The number of carbonyl (C=O) groups is 1. The summed E-state index contributed by atoms with van der Waals surface area (Å²) in [5.41, 5.74) is 5.25. The third-order valence-electron chi connectivity index (χ3n) is 6.84. The fourth-order valence-corrected chi connectivity index (χ4v) is 4.79. The molecule has 1 saturated carbocycles. The molecule has 3 aromatic heterocycles. The summed E-state index contributed by atoms with van der Waals surface area (Å²) in [4.78, 5) is 17.6. The van der Waals surface area contributed by atoms with E-state index in [2.05, 4.69) is 10.4 Å². The molecule has 0 unspecified atom stereocenters. The van der Waals surface area contributed by atoms with Crippen molar-refractivity contribution < 1.29 is 9.90 Å². The maximum Gasteiger partial charge on any atom is 0.251 e. The van der Waals surface area contributed by atoms with Gasteiger partial charge >= 0.3 is 0 Å². The van der Waals surface area contributed by atoms with Gasteiger partial charge in [0.15, 0.2) is 0 Å². The molecule has 1 aliphatic rings. The van der Waals surface area contributed by atoms with Crippen molar-refractivity contribution in [3.63, 3.8) is 0 Å². The van der Waals surface area contributed by atoms with E-state index in [9.17, 15) is 9.90 Å². The van der Waals surface area contributed by atoms with Crippen LogP contribution in [0.3, 0.4) is 0 Å². The molecule has 1 amide bonds.